The van der Waals surface area contributed by atoms with Crippen molar-refractivity contribution < 1.29 is 43.8 Å². The van der Waals surface area contributed by atoms with Gasteiger partial charge in [0.05, 0.1) is 30.8 Å². The first kappa shape index (κ1) is 25.0. The van der Waals surface area contributed by atoms with Crippen LogP contribution >= 0.6 is 0 Å². The zero-order chi connectivity index (χ0) is 25.1. The highest BCUT2D eigenvalue weighted by atomic mass is 16.7. The first-order valence-corrected chi connectivity index (χ1v) is 11.3. The van der Waals surface area contributed by atoms with Crippen LogP contribution in [0.5, 0.6) is 17.2 Å². The lowest BCUT2D eigenvalue weighted by atomic mass is 9.99. The average Bonchev–Trinajstić information content (AvgIpc) is 2.86. The molecule has 188 valence electrons. The molecule has 0 bridgehead atoms. The summed E-state index contributed by atoms with van der Waals surface area (Å²) in [5.41, 5.74) is 0.683. The number of aliphatic hydroxyl groups is 4. The summed E-state index contributed by atoms with van der Waals surface area (Å²) in [7, 11) is 0. The van der Waals surface area contributed by atoms with Crippen molar-refractivity contribution in [1.82, 2.24) is 0 Å². The molecule has 10 nitrogen and oxygen atoms in total. The standard InChI is InChI=1S/C25H28O10/c1-3-31-14-7-5-13(6-8-14)16-12-33-23-15(19(16)27)9-10-17(32-4-2)24(23)35-25-22(30)21(29)20(28)18(11-26)34-25/h5-10,12,18,20-22,25-26,28-30H,3-4,11H2,1-2H3/t18-,20-,21+,22-,25+/m1/s1. The van der Waals surface area contributed by atoms with E-state index in [9.17, 15) is 25.2 Å². The van der Waals surface area contributed by atoms with E-state index in [4.69, 9.17) is 23.4 Å². The van der Waals surface area contributed by atoms with Crippen LogP contribution in [0.3, 0.4) is 0 Å². The predicted molar refractivity (Wildman–Crippen MR) is 125 cm³/mol. The lowest BCUT2D eigenvalue weighted by Crippen LogP contribution is -2.60. The zero-order valence-electron chi connectivity index (χ0n) is 19.3. The molecule has 3 aromatic rings. The fourth-order valence-corrected chi connectivity index (χ4v) is 3.92. The molecule has 1 aliphatic rings. The maximum atomic E-state index is 13.3. The van der Waals surface area contributed by atoms with Crippen molar-refractivity contribution in [2.75, 3.05) is 19.8 Å². The number of aliphatic hydroxyl groups excluding tert-OH is 4. The fourth-order valence-electron chi connectivity index (χ4n) is 3.92. The monoisotopic (exact) mass is 488 g/mol. The molecule has 5 atom stereocenters. The van der Waals surface area contributed by atoms with E-state index in [2.05, 4.69) is 0 Å². The van der Waals surface area contributed by atoms with Gasteiger partial charge in [-0.05, 0) is 43.7 Å². The highest BCUT2D eigenvalue weighted by Crippen LogP contribution is 2.38. The molecule has 0 aliphatic carbocycles. The van der Waals surface area contributed by atoms with Gasteiger partial charge in [0.2, 0.25) is 17.5 Å². The summed E-state index contributed by atoms with van der Waals surface area (Å²) in [6, 6.07) is 10.1. The highest BCUT2D eigenvalue weighted by Gasteiger charge is 2.45. The van der Waals surface area contributed by atoms with Crippen molar-refractivity contribution in [3.63, 3.8) is 0 Å². The molecular formula is C25H28O10. The second kappa shape index (κ2) is 10.6. The Morgan fingerprint density at radius 1 is 0.914 bits per heavy atom. The number of fused-ring (bicyclic) bond motifs is 1. The van der Waals surface area contributed by atoms with E-state index in [1.165, 1.54) is 12.3 Å². The number of rotatable bonds is 8. The van der Waals surface area contributed by atoms with Gasteiger partial charge in [0.25, 0.3) is 0 Å². The van der Waals surface area contributed by atoms with Crippen molar-refractivity contribution in [3.05, 3.63) is 52.9 Å². The van der Waals surface area contributed by atoms with Gasteiger partial charge in [-0.3, -0.25) is 4.79 Å². The second-order valence-electron chi connectivity index (χ2n) is 7.95. The Bertz CT molecular complexity index is 1200. The van der Waals surface area contributed by atoms with Crippen LogP contribution in [0, 0.1) is 0 Å². The third-order valence-electron chi connectivity index (χ3n) is 5.72. The van der Waals surface area contributed by atoms with E-state index < -0.39 is 37.3 Å². The quantitative estimate of drug-likeness (QED) is 0.367. The molecule has 10 heteroatoms. The second-order valence-corrected chi connectivity index (χ2v) is 7.95. The number of ether oxygens (including phenoxy) is 4. The smallest absolute Gasteiger partial charge is 0.229 e. The Balaban J connectivity index is 1.75. The summed E-state index contributed by atoms with van der Waals surface area (Å²) >= 11 is 0. The molecule has 2 heterocycles. The Morgan fingerprint density at radius 3 is 2.29 bits per heavy atom. The van der Waals surface area contributed by atoms with Gasteiger partial charge in [0.15, 0.2) is 11.3 Å². The molecule has 0 unspecified atom stereocenters. The summed E-state index contributed by atoms with van der Waals surface area (Å²) < 4.78 is 28.2. The van der Waals surface area contributed by atoms with Gasteiger partial charge >= 0.3 is 0 Å². The molecule has 0 radical (unpaired) electrons. The highest BCUT2D eigenvalue weighted by molar-refractivity contribution is 5.88. The van der Waals surface area contributed by atoms with E-state index in [0.29, 0.717) is 23.5 Å². The van der Waals surface area contributed by atoms with Gasteiger partial charge in [0.1, 0.15) is 36.4 Å². The van der Waals surface area contributed by atoms with Crippen molar-refractivity contribution in [2.45, 2.75) is 44.6 Å². The molecule has 4 rings (SSSR count). The average molecular weight is 488 g/mol. The minimum atomic E-state index is -1.65. The molecule has 1 aliphatic heterocycles. The van der Waals surface area contributed by atoms with Crippen LogP contribution in [-0.4, -0.2) is 71.0 Å². The van der Waals surface area contributed by atoms with Crippen molar-refractivity contribution in [1.29, 1.82) is 0 Å². The molecule has 4 N–H and O–H groups in total. The molecule has 1 fully saturated rings. The molecule has 35 heavy (non-hydrogen) atoms. The SMILES string of the molecule is CCOc1ccc(-c2coc3c(O[C@@H]4O[C@H](CO)[C@@H](O)[C@H](O)[C@H]4O)c(OCC)ccc3c2=O)cc1. The zero-order valence-corrected chi connectivity index (χ0v) is 19.3. The summed E-state index contributed by atoms with van der Waals surface area (Å²) in [5, 5.41) is 40.2. The molecule has 1 aromatic heterocycles. The normalized spacial score (nSPS) is 24.3. The third kappa shape index (κ3) is 4.84. The van der Waals surface area contributed by atoms with Gasteiger partial charge in [-0.25, -0.2) is 0 Å². The summed E-state index contributed by atoms with van der Waals surface area (Å²) in [6.07, 6.45) is -6.16. The van der Waals surface area contributed by atoms with Crippen LogP contribution < -0.4 is 19.6 Å². The van der Waals surface area contributed by atoms with Crippen LogP contribution in [0.4, 0.5) is 0 Å². The fraction of sp³-hybridized carbons (Fsp3) is 0.400. The van der Waals surface area contributed by atoms with Gasteiger partial charge in [-0.15, -0.1) is 0 Å². The van der Waals surface area contributed by atoms with E-state index in [1.807, 2.05) is 6.92 Å². The van der Waals surface area contributed by atoms with Crippen LogP contribution in [-0.2, 0) is 4.74 Å². The summed E-state index contributed by atoms with van der Waals surface area (Å²) in [6.45, 7) is 3.82. The number of benzene rings is 2. The molecule has 0 spiro atoms. The minimum Gasteiger partial charge on any atom is -0.494 e. The van der Waals surface area contributed by atoms with Crippen molar-refractivity contribution >= 4 is 11.0 Å². The van der Waals surface area contributed by atoms with Crippen LogP contribution in [0.1, 0.15) is 13.8 Å². The van der Waals surface area contributed by atoms with Gasteiger partial charge in [-0.2, -0.15) is 0 Å². The van der Waals surface area contributed by atoms with Gasteiger partial charge in [-0.1, -0.05) is 12.1 Å². The predicted octanol–water partition coefficient (Wildman–Crippen LogP) is 1.44. The van der Waals surface area contributed by atoms with E-state index in [1.54, 1.807) is 37.3 Å². The molecular weight excluding hydrogens is 460 g/mol. The maximum absolute atomic E-state index is 13.3. The maximum Gasteiger partial charge on any atom is 0.229 e. The van der Waals surface area contributed by atoms with Gasteiger partial charge in [0, 0.05) is 0 Å². The summed E-state index contributed by atoms with van der Waals surface area (Å²) in [4.78, 5) is 13.3. The van der Waals surface area contributed by atoms with Crippen LogP contribution in [0.25, 0.3) is 22.1 Å². The Morgan fingerprint density at radius 2 is 1.63 bits per heavy atom. The molecule has 2 aromatic carbocycles. The number of hydrogen-bond donors (Lipinski definition) is 4. The van der Waals surface area contributed by atoms with Crippen LogP contribution in [0.15, 0.2) is 51.9 Å². The largest absolute Gasteiger partial charge is 0.494 e. The Hall–Kier alpha value is -3.15. The lowest BCUT2D eigenvalue weighted by Gasteiger charge is -2.39. The van der Waals surface area contributed by atoms with Gasteiger partial charge < -0.3 is 43.8 Å². The topological polar surface area (TPSA) is 148 Å². The number of hydrogen-bond acceptors (Lipinski definition) is 10. The Kier molecular flexibility index (Phi) is 7.58. The van der Waals surface area contributed by atoms with E-state index in [0.717, 1.165) is 0 Å². The third-order valence-corrected chi connectivity index (χ3v) is 5.72. The molecule has 1 saturated heterocycles. The van der Waals surface area contributed by atoms with Crippen LogP contribution in [0.2, 0.25) is 0 Å². The minimum absolute atomic E-state index is 0.0241. The molecule has 0 amide bonds. The first-order chi connectivity index (χ1) is 16.9. The Labute approximate surface area is 200 Å². The first-order valence-electron chi connectivity index (χ1n) is 11.3. The lowest BCUT2D eigenvalue weighted by molar-refractivity contribution is -0.277. The molecule has 0 saturated carbocycles. The van der Waals surface area contributed by atoms with E-state index in [-0.39, 0.29) is 34.5 Å². The van der Waals surface area contributed by atoms with E-state index >= 15 is 0 Å². The van der Waals surface area contributed by atoms with Crippen molar-refractivity contribution in [3.8, 4) is 28.4 Å². The van der Waals surface area contributed by atoms with Crippen molar-refractivity contribution in [2.24, 2.45) is 0 Å². The summed E-state index contributed by atoms with van der Waals surface area (Å²) in [5.74, 6) is 0.871.